The van der Waals surface area contributed by atoms with E-state index in [9.17, 15) is 22.0 Å². The maximum Gasteiger partial charge on any atom is 0.267 e. The molecular formula is C24H26Cl2F2N2O4S. The summed E-state index contributed by atoms with van der Waals surface area (Å²) in [5, 5.41) is 0.523. The molecule has 1 heterocycles. The van der Waals surface area contributed by atoms with Crippen LogP contribution in [0.15, 0.2) is 30.3 Å². The van der Waals surface area contributed by atoms with Gasteiger partial charge in [-0.3, -0.25) is 9.69 Å². The van der Waals surface area contributed by atoms with Crippen LogP contribution in [0.4, 0.5) is 8.78 Å². The van der Waals surface area contributed by atoms with E-state index in [-0.39, 0.29) is 24.3 Å². The Morgan fingerprint density at radius 1 is 1.06 bits per heavy atom. The molecule has 1 saturated carbocycles. The molecule has 0 unspecified atom stereocenters. The molecule has 0 aromatic heterocycles. The number of halogens is 4. The summed E-state index contributed by atoms with van der Waals surface area (Å²) in [6, 6.07) is 7.07. The molecule has 1 N–H and O–H groups in total. The summed E-state index contributed by atoms with van der Waals surface area (Å²) < 4.78 is 60.1. The highest BCUT2D eigenvalue weighted by molar-refractivity contribution is 7.91. The van der Waals surface area contributed by atoms with Crippen molar-refractivity contribution in [1.82, 2.24) is 9.62 Å². The molecule has 4 rings (SSSR count). The van der Waals surface area contributed by atoms with E-state index in [4.69, 9.17) is 27.9 Å². The molecule has 6 nitrogen and oxygen atoms in total. The Hall–Kier alpha value is -1.94. The molecule has 1 aliphatic heterocycles. The van der Waals surface area contributed by atoms with Gasteiger partial charge in [-0.25, -0.2) is 21.9 Å². The van der Waals surface area contributed by atoms with Crippen LogP contribution in [-0.2, 0) is 10.0 Å². The summed E-state index contributed by atoms with van der Waals surface area (Å²) >= 11 is 12.2. The highest BCUT2D eigenvalue weighted by Gasteiger charge is 2.37. The predicted octanol–water partition coefficient (Wildman–Crippen LogP) is 5.35. The predicted molar refractivity (Wildman–Crippen MR) is 130 cm³/mol. The number of hydrogen-bond donors (Lipinski definition) is 1. The van der Waals surface area contributed by atoms with E-state index in [0.29, 0.717) is 29.0 Å². The number of nitrogens with one attached hydrogen (secondary N) is 1. The van der Waals surface area contributed by atoms with Gasteiger partial charge in [0.05, 0.1) is 17.4 Å². The molecule has 0 bridgehead atoms. The van der Waals surface area contributed by atoms with Crippen molar-refractivity contribution in [2.24, 2.45) is 5.92 Å². The molecule has 2 aliphatic rings. The number of amides is 1. The van der Waals surface area contributed by atoms with Crippen LogP contribution in [0, 0.1) is 17.6 Å². The Morgan fingerprint density at radius 3 is 2.29 bits per heavy atom. The van der Waals surface area contributed by atoms with E-state index in [1.165, 1.54) is 0 Å². The topological polar surface area (TPSA) is 75.7 Å². The van der Waals surface area contributed by atoms with E-state index in [0.717, 1.165) is 37.6 Å². The van der Waals surface area contributed by atoms with Crippen molar-refractivity contribution in [2.75, 3.05) is 19.7 Å². The first kappa shape index (κ1) is 26.1. The van der Waals surface area contributed by atoms with Gasteiger partial charge in [-0.05, 0) is 81.4 Å². The van der Waals surface area contributed by atoms with Gasteiger partial charge in [-0.15, -0.1) is 0 Å². The van der Waals surface area contributed by atoms with Crippen LogP contribution >= 0.6 is 23.2 Å². The molecule has 1 saturated heterocycles. The van der Waals surface area contributed by atoms with Gasteiger partial charge in [0.15, 0.2) is 11.6 Å². The molecule has 11 heteroatoms. The fourth-order valence-corrected chi connectivity index (χ4v) is 6.04. The van der Waals surface area contributed by atoms with E-state index in [1.54, 1.807) is 10.8 Å². The van der Waals surface area contributed by atoms with Gasteiger partial charge in [0.2, 0.25) is 10.0 Å². The lowest BCUT2D eigenvalue weighted by Gasteiger charge is -2.36. The lowest BCUT2D eigenvalue weighted by atomic mass is 9.95. The van der Waals surface area contributed by atoms with Gasteiger partial charge in [0, 0.05) is 22.2 Å². The van der Waals surface area contributed by atoms with Crippen LogP contribution in [0.2, 0.25) is 10.0 Å². The number of sulfonamides is 1. The molecular weight excluding hydrogens is 521 g/mol. The van der Waals surface area contributed by atoms with Crippen LogP contribution in [0.25, 0.3) is 0 Å². The minimum atomic E-state index is -3.87. The third kappa shape index (κ3) is 6.44. The number of likely N-dealkylation sites (tertiary alicyclic amines) is 1. The Kier molecular flexibility index (Phi) is 7.90. The number of rotatable bonds is 8. The van der Waals surface area contributed by atoms with E-state index in [2.05, 4.69) is 11.8 Å². The van der Waals surface area contributed by atoms with Crippen LogP contribution in [0.3, 0.4) is 0 Å². The van der Waals surface area contributed by atoms with E-state index < -0.39 is 38.4 Å². The fraction of sp³-hybridized carbons (Fsp3) is 0.458. The average Bonchev–Trinajstić information content (AvgIpc) is 3.64. The zero-order valence-electron chi connectivity index (χ0n) is 19.1. The van der Waals surface area contributed by atoms with E-state index in [1.807, 2.05) is 12.1 Å². The van der Waals surface area contributed by atoms with Crippen molar-refractivity contribution in [1.29, 1.82) is 0 Å². The van der Waals surface area contributed by atoms with Crippen molar-refractivity contribution in [3.8, 4) is 5.75 Å². The Morgan fingerprint density at radius 2 is 1.69 bits per heavy atom. The Balaban J connectivity index is 1.31. The summed E-state index contributed by atoms with van der Waals surface area (Å²) in [6.45, 7) is 3.88. The van der Waals surface area contributed by atoms with Gasteiger partial charge in [-0.1, -0.05) is 23.2 Å². The van der Waals surface area contributed by atoms with Crippen LogP contribution in [-0.4, -0.2) is 44.2 Å². The number of piperidine rings is 1. The molecule has 0 radical (unpaired) electrons. The number of carbonyl (C=O) groups is 1. The Bertz CT molecular complexity index is 1200. The maximum atomic E-state index is 14.5. The number of nitrogens with zero attached hydrogens (tertiary/aromatic N) is 1. The molecule has 1 atom stereocenters. The molecule has 0 spiro atoms. The van der Waals surface area contributed by atoms with E-state index >= 15 is 0 Å². The van der Waals surface area contributed by atoms with Crippen molar-refractivity contribution in [3.63, 3.8) is 0 Å². The third-order valence-electron chi connectivity index (χ3n) is 6.50. The quantitative estimate of drug-likeness (QED) is 0.483. The van der Waals surface area contributed by atoms with Gasteiger partial charge >= 0.3 is 0 Å². The molecule has 2 aromatic rings. The first-order chi connectivity index (χ1) is 16.5. The second kappa shape index (κ2) is 10.6. The second-order valence-corrected chi connectivity index (χ2v) is 11.9. The largest absolute Gasteiger partial charge is 0.490 e. The molecule has 2 aromatic carbocycles. The highest BCUT2D eigenvalue weighted by Crippen LogP contribution is 2.31. The minimum Gasteiger partial charge on any atom is -0.490 e. The molecule has 1 aliphatic carbocycles. The van der Waals surface area contributed by atoms with Crippen molar-refractivity contribution in [3.05, 3.63) is 63.1 Å². The zero-order valence-corrected chi connectivity index (χ0v) is 21.4. The maximum absolute atomic E-state index is 14.5. The molecule has 190 valence electrons. The summed E-state index contributed by atoms with van der Waals surface area (Å²) in [5.41, 5.74) is 0.353. The third-order valence-corrected chi connectivity index (χ3v) is 8.76. The molecule has 35 heavy (non-hydrogen) atoms. The normalized spacial score (nSPS) is 18.3. The monoisotopic (exact) mass is 546 g/mol. The summed E-state index contributed by atoms with van der Waals surface area (Å²) in [6.07, 6.45) is 2.50. The first-order valence-electron chi connectivity index (χ1n) is 11.4. The number of hydrogen-bond acceptors (Lipinski definition) is 5. The van der Waals surface area contributed by atoms with Crippen molar-refractivity contribution < 1.29 is 26.7 Å². The van der Waals surface area contributed by atoms with Crippen LogP contribution in [0.5, 0.6) is 5.75 Å². The first-order valence-corrected chi connectivity index (χ1v) is 13.7. The molecule has 1 amide bonds. The lowest BCUT2D eigenvalue weighted by molar-refractivity contribution is 0.0976. The number of benzene rings is 2. The summed E-state index contributed by atoms with van der Waals surface area (Å²) in [5.74, 6) is -3.33. The van der Waals surface area contributed by atoms with Crippen molar-refractivity contribution in [2.45, 2.75) is 43.9 Å². The van der Waals surface area contributed by atoms with Gasteiger partial charge in [0.1, 0.15) is 5.82 Å². The highest BCUT2D eigenvalue weighted by atomic mass is 35.5. The standard InChI is InChI=1S/C24H26Cl2F2N2O4S/c1-14(16-8-17(25)10-18(26)9-16)30-6-4-15(5-7-30)13-34-23-12-21(27)20(11-22(23)28)24(31)29-35(32,33)19-2-3-19/h8-12,14-15,19H,2-7,13H2,1H3,(H,29,31)/t14-/m1/s1. The lowest BCUT2D eigenvalue weighted by Crippen LogP contribution is -2.37. The zero-order chi connectivity index (χ0) is 25.3. The number of ether oxygens (including phenoxy) is 1. The van der Waals surface area contributed by atoms with Crippen LogP contribution in [0.1, 0.15) is 54.6 Å². The Labute approximate surface area is 213 Å². The minimum absolute atomic E-state index is 0.127. The fourth-order valence-electron chi connectivity index (χ4n) is 4.20. The van der Waals surface area contributed by atoms with Gasteiger partial charge < -0.3 is 4.74 Å². The van der Waals surface area contributed by atoms with Gasteiger partial charge in [0.25, 0.3) is 5.91 Å². The number of carbonyl (C=O) groups excluding carboxylic acids is 1. The molecule has 2 fully saturated rings. The summed E-state index contributed by atoms with van der Waals surface area (Å²) in [4.78, 5) is 14.5. The van der Waals surface area contributed by atoms with Crippen LogP contribution < -0.4 is 9.46 Å². The SMILES string of the molecule is C[C@H](c1cc(Cl)cc(Cl)c1)N1CCC(COc2cc(F)c(C(=O)NS(=O)(=O)C3CC3)cc2F)CC1. The second-order valence-electron chi connectivity index (χ2n) is 9.11. The van der Waals surface area contributed by atoms with Gasteiger partial charge in [-0.2, -0.15) is 0 Å². The average molecular weight is 547 g/mol. The summed E-state index contributed by atoms with van der Waals surface area (Å²) in [7, 11) is -3.87. The smallest absolute Gasteiger partial charge is 0.267 e. The van der Waals surface area contributed by atoms with Crippen molar-refractivity contribution >= 4 is 39.1 Å².